The molecule has 2 atom stereocenters. The first-order valence-corrected chi connectivity index (χ1v) is 13.4. The Balaban J connectivity index is 1.46. The number of hydrogen-bond donors (Lipinski definition) is 1. The fourth-order valence-corrected chi connectivity index (χ4v) is 4.61. The molecule has 3 heterocycles. The van der Waals surface area contributed by atoms with Gasteiger partial charge in [-0.2, -0.15) is 9.97 Å². The lowest BCUT2D eigenvalue weighted by Gasteiger charge is -2.29. The fourth-order valence-electron chi connectivity index (χ4n) is 4.44. The summed E-state index contributed by atoms with van der Waals surface area (Å²) in [5, 5.41) is 7.49. The lowest BCUT2D eigenvalue weighted by atomic mass is 9.87. The highest BCUT2D eigenvalue weighted by atomic mass is 35.5. The number of nitrogens with zero attached hydrogens (tertiary/aromatic N) is 5. The first kappa shape index (κ1) is 27.8. The summed E-state index contributed by atoms with van der Waals surface area (Å²) in [6.45, 7) is 11.9. The molecule has 3 aromatic rings. The summed E-state index contributed by atoms with van der Waals surface area (Å²) in [6, 6.07) is 3.75. The molecule has 38 heavy (non-hydrogen) atoms. The SMILES string of the molecule is Cc1nc(-c2onc(C)c2CNc2nc(Cl)nc(C(C)C)n2)ccc1OC1CCC[C@H](C(=O)OC(C)C)C1. The molecule has 1 N–H and O–H groups in total. The Labute approximate surface area is 227 Å². The van der Waals surface area contributed by atoms with Gasteiger partial charge in [-0.3, -0.25) is 4.79 Å². The number of esters is 1. The van der Waals surface area contributed by atoms with Gasteiger partial charge in [-0.05, 0) is 77.1 Å². The second-order valence-electron chi connectivity index (χ2n) is 10.2. The normalized spacial score (nSPS) is 17.6. The van der Waals surface area contributed by atoms with Gasteiger partial charge in [0.05, 0.1) is 29.5 Å². The Morgan fingerprint density at radius 2 is 1.89 bits per heavy atom. The van der Waals surface area contributed by atoms with Crippen molar-refractivity contribution in [3.05, 3.63) is 40.2 Å². The number of hydrogen-bond acceptors (Lipinski definition) is 10. The average molecular weight is 543 g/mol. The van der Waals surface area contributed by atoms with E-state index in [2.05, 4.69) is 25.4 Å². The van der Waals surface area contributed by atoms with Crippen molar-refractivity contribution in [1.29, 1.82) is 0 Å². The predicted octanol–water partition coefficient (Wildman–Crippen LogP) is 5.82. The largest absolute Gasteiger partial charge is 0.489 e. The molecular formula is C27H35ClN6O4. The maximum absolute atomic E-state index is 12.4. The van der Waals surface area contributed by atoms with Crippen LogP contribution in [-0.2, 0) is 16.1 Å². The lowest BCUT2D eigenvalue weighted by Crippen LogP contribution is -2.31. The third kappa shape index (κ3) is 6.78. The summed E-state index contributed by atoms with van der Waals surface area (Å²) < 4.78 is 17.3. The van der Waals surface area contributed by atoms with Gasteiger partial charge in [0.15, 0.2) is 5.76 Å². The number of nitrogens with one attached hydrogen (secondary N) is 1. The minimum atomic E-state index is -0.139. The zero-order chi connectivity index (χ0) is 27.4. The summed E-state index contributed by atoms with van der Waals surface area (Å²) in [5.41, 5.74) is 2.95. The number of halogens is 1. The molecule has 0 amide bonds. The maximum atomic E-state index is 12.4. The van der Waals surface area contributed by atoms with Crippen molar-refractivity contribution in [2.75, 3.05) is 5.32 Å². The molecule has 11 heteroatoms. The number of ether oxygens (including phenoxy) is 2. The number of rotatable bonds is 9. The van der Waals surface area contributed by atoms with Crippen LogP contribution in [0.25, 0.3) is 11.5 Å². The lowest BCUT2D eigenvalue weighted by molar-refractivity contribution is -0.154. The first-order valence-electron chi connectivity index (χ1n) is 13.1. The van der Waals surface area contributed by atoms with E-state index < -0.39 is 0 Å². The highest BCUT2D eigenvalue weighted by molar-refractivity contribution is 6.28. The Morgan fingerprint density at radius 3 is 2.61 bits per heavy atom. The standard InChI is InChI=1S/C27H35ClN6O4/c1-14(2)24-31-26(28)33-27(32-24)29-13-20-16(5)34-38-23(20)21-10-11-22(17(6)30-21)37-19-9-7-8-18(12-19)25(35)36-15(3)4/h10-11,14-15,18-19H,7-9,12-13H2,1-6H3,(H,29,31,32,33)/t18-,19?/m0/s1. The Morgan fingerprint density at radius 1 is 1.11 bits per heavy atom. The van der Waals surface area contributed by atoms with E-state index in [9.17, 15) is 4.79 Å². The quantitative estimate of drug-likeness (QED) is 0.331. The van der Waals surface area contributed by atoms with Crippen LogP contribution in [0.1, 0.15) is 82.1 Å². The molecular weight excluding hydrogens is 508 g/mol. The molecule has 4 rings (SSSR count). The molecule has 0 spiro atoms. The Hall–Kier alpha value is -3.27. The number of pyridine rings is 1. The molecule has 0 bridgehead atoms. The highest BCUT2D eigenvalue weighted by Crippen LogP contribution is 2.32. The van der Waals surface area contributed by atoms with Crippen molar-refractivity contribution in [2.24, 2.45) is 5.92 Å². The number of anilines is 1. The monoisotopic (exact) mass is 542 g/mol. The van der Waals surface area contributed by atoms with Crippen LogP contribution in [0.3, 0.4) is 0 Å². The summed E-state index contributed by atoms with van der Waals surface area (Å²) >= 11 is 6.08. The molecule has 0 saturated heterocycles. The van der Waals surface area contributed by atoms with E-state index >= 15 is 0 Å². The number of carbonyl (C=O) groups is 1. The zero-order valence-corrected chi connectivity index (χ0v) is 23.5. The van der Waals surface area contributed by atoms with Crippen LogP contribution in [0.5, 0.6) is 5.75 Å². The second-order valence-corrected chi connectivity index (χ2v) is 10.6. The van der Waals surface area contributed by atoms with Crippen LogP contribution in [-0.4, -0.2) is 43.3 Å². The third-order valence-corrected chi connectivity index (χ3v) is 6.59. The van der Waals surface area contributed by atoms with E-state index in [1.165, 1.54) is 0 Å². The van der Waals surface area contributed by atoms with Crippen LogP contribution in [0.2, 0.25) is 5.28 Å². The molecule has 1 fully saturated rings. The number of aryl methyl sites for hydroxylation is 2. The van der Waals surface area contributed by atoms with Gasteiger partial charge in [-0.1, -0.05) is 19.0 Å². The van der Waals surface area contributed by atoms with Gasteiger partial charge in [0, 0.05) is 18.0 Å². The van der Waals surface area contributed by atoms with Gasteiger partial charge in [-0.25, -0.2) is 9.97 Å². The highest BCUT2D eigenvalue weighted by Gasteiger charge is 2.30. The zero-order valence-electron chi connectivity index (χ0n) is 22.7. The molecule has 1 aliphatic carbocycles. The minimum absolute atomic E-state index is 0.0602. The molecule has 1 saturated carbocycles. The van der Waals surface area contributed by atoms with Crippen molar-refractivity contribution in [1.82, 2.24) is 25.1 Å². The van der Waals surface area contributed by atoms with Crippen LogP contribution < -0.4 is 10.1 Å². The summed E-state index contributed by atoms with van der Waals surface area (Å²) in [7, 11) is 0. The number of aromatic nitrogens is 5. The van der Waals surface area contributed by atoms with Gasteiger partial charge in [-0.15, -0.1) is 0 Å². The summed E-state index contributed by atoms with van der Waals surface area (Å²) in [5.74, 6) is 2.09. The minimum Gasteiger partial charge on any atom is -0.489 e. The smallest absolute Gasteiger partial charge is 0.309 e. The van der Waals surface area contributed by atoms with Crippen LogP contribution >= 0.6 is 11.6 Å². The topological polar surface area (TPSA) is 125 Å². The van der Waals surface area contributed by atoms with Gasteiger partial charge in [0.25, 0.3) is 0 Å². The van der Waals surface area contributed by atoms with E-state index in [1.54, 1.807) is 0 Å². The molecule has 1 aliphatic rings. The maximum Gasteiger partial charge on any atom is 0.309 e. The van der Waals surface area contributed by atoms with E-state index in [0.717, 1.165) is 36.2 Å². The van der Waals surface area contributed by atoms with Crippen LogP contribution in [0.4, 0.5) is 5.95 Å². The van der Waals surface area contributed by atoms with Gasteiger partial charge < -0.3 is 19.3 Å². The van der Waals surface area contributed by atoms with E-state index in [1.807, 2.05) is 53.7 Å². The van der Waals surface area contributed by atoms with Crippen molar-refractivity contribution < 1.29 is 18.8 Å². The van der Waals surface area contributed by atoms with E-state index in [-0.39, 0.29) is 35.3 Å². The van der Waals surface area contributed by atoms with E-state index in [0.29, 0.717) is 41.9 Å². The van der Waals surface area contributed by atoms with Gasteiger partial charge in [0.2, 0.25) is 11.2 Å². The second kappa shape index (κ2) is 12.1. The van der Waals surface area contributed by atoms with Crippen LogP contribution in [0, 0.1) is 19.8 Å². The van der Waals surface area contributed by atoms with Crippen molar-refractivity contribution in [3.63, 3.8) is 0 Å². The number of carbonyl (C=O) groups excluding carboxylic acids is 1. The molecule has 0 aromatic carbocycles. The average Bonchev–Trinajstić information content (AvgIpc) is 3.23. The van der Waals surface area contributed by atoms with E-state index in [4.69, 9.17) is 30.6 Å². The molecule has 1 unspecified atom stereocenters. The molecule has 0 aliphatic heterocycles. The van der Waals surface area contributed by atoms with Gasteiger partial charge in [0.1, 0.15) is 17.3 Å². The van der Waals surface area contributed by atoms with Crippen molar-refractivity contribution in [2.45, 2.75) is 91.9 Å². The third-order valence-electron chi connectivity index (χ3n) is 6.42. The summed E-state index contributed by atoms with van der Waals surface area (Å²) in [4.78, 5) is 29.9. The Kier molecular flexibility index (Phi) is 8.81. The molecule has 10 nitrogen and oxygen atoms in total. The predicted molar refractivity (Wildman–Crippen MR) is 143 cm³/mol. The molecule has 3 aromatic heterocycles. The van der Waals surface area contributed by atoms with Crippen molar-refractivity contribution >= 4 is 23.5 Å². The fraction of sp³-hybridized carbons (Fsp3) is 0.556. The molecule has 0 radical (unpaired) electrons. The summed E-state index contributed by atoms with van der Waals surface area (Å²) in [6.07, 6.45) is 3.11. The van der Waals surface area contributed by atoms with Crippen molar-refractivity contribution in [3.8, 4) is 17.2 Å². The first-order chi connectivity index (χ1) is 18.1. The molecule has 204 valence electrons. The van der Waals surface area contributed by atoms with Crippen LogP contribution in [0.15, 0.2) is 16.7 Å². The van der Waals surface area contributed by atoms with Gasteiger partial charge >= 0.3 is 5.97 Å². The Bertz CT molecular complexity index is 1280.